The van der Waals surface area contributed by atoms with Gasteiger partial charge in [0.05, 0.1) is 23.8 Å². The molecule has 8 nitrogen and oxygen atoms in total. The molecule has 2 N–H and O–H groups in total. The van der Waals surface area contributed by atoms with Gasteiger partial charge in [-0.05, 0) is 58.0 Å². The number of furan rings is 1. The summed E-state index contributed by atoms with van der Waals surface area (Å²) in [5.74, 6) is -1.14. The number of amides is 1. The molecule has 1 heterocycles. The molecule has 0 aliphatic rings. The zero-order chi connectivity index (χ0) is 26.7. The average molecular weight is 509 g/mol. The number of phenolic OH excluding ortho intramolecular Hbond substituents is 1. The van der Waals surface area contributed by atoms with Gasteiger partial charge in [-0.2, -0.15) is 13.2 Å². The third kappa shape index (κ3) is 6.61. The van der Waals surface area contributed by atoms with Gasteiger partial charge in [-0.1, -0.05) is 6.07 Å². The van der Waals surface area contributed by atoms with Crippen LogP contribution in [0.1, 0.15) is 38.8 Å². The SMILES string of the molecule is CCOC(=O)C(Cc1cc(Oc2cccc(C(F)(F)F)c2)c2occc2c1O)NC(=O)OC(C)(C)C. The number of carbonyl (C=O) groups is 2. The number of fused-ring (bicyclic) bond motifs is 1. The monoisotopic (exact) mass is 509 g/mol. The minimum absolute atomic E-state index is 0.00185. The molecule has 1 unspecified atom stereocenters. The highest BCUT2D eigenvalue weighted by atomic mass is 19.4. The summed E-state index contributed by atoms with van der Waals surface area (Å²) in [6.07, 6.45) is -4.40. The third-order valence-electron chi connectivity index (χ3n) is 4.83. The van der Waals surface area contributed by atoms with E-state index in [1.165, 1.54) is 30.5 Å². The molecule has 0 aliphatic heterocycles. The van der Waals surface area contributed by atoms with Crippen LogP contribution >= 0.6 is 0 Å². The first-order valence-electron chi connectivity index (χ1n) is 11.0. The maximum Gasteiger partial charge on any atom is 0.416 e. The zero-order valence-electron chi connectivity index (χ0n) is 20.1. The number of alkyl carbamates (subject to hydrolysis) is 1. The molecule has 0 saturated carbocycles. The van der Waals surface area contributed by atoms with Gasteiger partial charge < -0.3 is 29.1 Å². The van der Waals surface area contributed by atoms with E-state index in [-0.39, 0.29) is 46.8 Å². The standard InChI is InChI=1S/C25H26F3NO7/c1-5-33-22(31)18(29-23(32)36-24(2,3)4)11-14-12-19(21-17(20(14)30)9-10-34-21)35-16-8-6-7-15(13-16)25(26,27)28/h6-10,12-13,18,30H,5,11H2,1-4H3,(H,29,32). The lowest BCUT2D eigenvalue weighted by Crippen LogP contribution is -2.45. The van der Waals surface area contributed by atoms with E-state index >= 15 is 0 Å². The van der Waals surface area contributed by atoms with Gasteiger partial charge in [-0.15, -0.1) is 0 Å². The van der Waals surface area contributed by atoms with Gasteiger partial charge in [-0.25, -0.2) is 9.59 Å². The quantitative estimate of drug-likeness (QED) is 0.379. The highest BCUT2D eigenvalue weighted by Crippen LogP contribution is 2.40. The highest BCUT2D eigenvalue weighted by Gasteiger charge is 2.31. The van der Waals surface area contributed by atoms with E-state index in [4.69, 9.17) is 18.6 Å². The van der Waals surface area contributed by atoms with Crippen molar-refractivity contribution < 1.29 is 46.5 Å². The van der Waals surface area contributed by atoms with Crippen LogP contribution in [-0.2, 0) is 26.9 Å². The first-order chi connectivity index (χ1) is 16.8. The number of esters is 1. The second-order valence-corrected chi connectivity index (χ2v) is 8.83. The molecule has 0 saturated heterocycles. The molecule has 0 aliphatic carbocycles. The van der Waals surface area contributed by atoms with Crippen molar-refractivity contribution in [3.05, 3.63) is 53.8 Å². The van der Waals surface area contributed by atoms with Gasteiger partial charge in [0.1, 0.15) is 23.1 Å². The van der Waals surface area contributed by atoms with Crippen LogP contribution in [0.3, 0.4) is 0 Å². The summed E-state index contributed by atoms with van der Waals surface area (Å²) >= 11 is 0. The molecule has 3 rings (SSSR count). The Labute approximate surface area is 204 Å². The van der Waals surface area contributed by atoms with Crippen LogP contribution < -0.4 is 10.1 Å². The van der Waals surface area contributed by atoms with E-state index in [0.717, 1.165) is 12.1 Å². The lowest BCUT2D eigenvalue weighted by molar-refractivity contribution is -0.145. The summed E-state index contributed by atoms with van der Waals surface area (Å²) < 4.78 is 60.7. The number of carbonyl (C=O) groups excluding carboxylic acids is 2. The first kappa shape index (κ1) is 26.7. The number of nitrogens with one attached hydrogen (secondary N) is 1. The maximum absolute atomic E-state index is 13.1. The summed E-state index contributed by atoms with van der Waals surface area (Å²) in [6.45, 7) is 6.60. The molecule has 0 fully saturated rings. The number of hydrogen-bond acceptors (Lipinski definition) is 7. The topological polar surface area (TPSA) is 107 Å². The van der Waals surface area contributed by atoms with Gasteiger partial charge in [0, 0.05) is 12.0 Å². The predicted molar refractivity (Wildman–Crippen MR) is 123 cm³/mol. The Kier molecular flexibility index (Phi) is 7.71. The van der Waals surface area contributed by atoms with Crippen molar-refractivity contribution in [2.24, 2.45) is 0 Å². The lowest BCUT2D eigenvalue weighted by atomic mass is 10.0. The normalized spacial score (nSPS) is 12.8. The second-order valence-electron chi connectivity index (χ2n) is 8.83. The Balaban J connectivity index is 1.97. The summed E-state index contributed by atoms with van der Waals surface area (Å²) in [6, 6.07) is 5.79. The van der Waals surface area contributed by atoms with Crippen LogP contribution in [-0.4, -0.2) is 35.4 Å². The number of alkyl halides is 3. The van der Waals surface area contributed by atoms with Crippen molar-refractivity contribution in [1.29, 1.82) is 0 Å². The molecule has 11 heteroatoms. The van der Waals surface area contributed by atoms with E-state index in [1.54, 1.807) is 27.7 Å². The van der Waals surface area contributed by atoms with Gasteiger partial charge in [0.15, 0.2) is 11.3 Å². The molecular formula is C25H26F3NO7. The number of ether oxygens (including phenoxy) is 3. The van der Waals surface area contributed by atoms with E-state index in [1.807, 2.05) is 0 Å². The van der Waals surface area contributed by atoms with Gasteiger partial charge >= 0.3 is 18.2 Å². The van der Waals surface area contributed by atoms with Crippen molar-refractivity contribution >= 4 is 23.0 Å². The van der Waals surface area contributed by atoms with Gasteiger partial charge in [0.2, 0.25) is 0 Å². The fraction of sp³-hybridized carbons (Fsp3) is 0.360. The molecule has 0 radical (unpaired) electrons. The van der Waals surface area contributed by atoms with Crippen molar-refractivity contribution in [3.63, 3.8) is 0 Å². The predicted octanol–water partition coefficient (Wildman–Crippen LogP) is 5.95. The fourth-order valence-corrected chi connectivity index (χ4v) is 3.35. The fourth-order valence-electron chi connectivity index (χ4n) is 3.35. The lowest BCUT2D eigenvalue weighted by Gasteiger charge is -2.23. The number of phenols is 1. The van der Waals surface area contributed by atoms with Crippen LogP contribution in [0.25, 0.3) is 11.0 Å². The van der Waals surface area contributed by atoms with Crippen molar-refractivity contribution in [1.82, 2.24) is 5.32 Å². The zero-order valence-corrected chi connectivity index (χ0v) is 20.1. The minimum Gasteiger partial charge on any atom is -0.507 e. The molecule has 2 aromatic carbocycles. The van der Waals surface area contributed by atoms with Gasteiger partial charge in [-0.3, -0.25) is 0 Å². The summed E-state index contributed by atoms with van der Waals surface area (Å²) in [4.78, 5) is 24.9. The second kappa shape index (κ2) is 10.4. The van der Waals surface area contributed by atoms with Crippen LogP contribution in [0.5, 0.6) is 17.2 Å². The van der Waals surface area contributed by atoms with Crippen LogP contribution in [0, 0.1) is 0 Å². The van der Waals surface area contributed by atoms with E-state index < -0.39 is 35.4 Å². The number of halogens is 3. The Morgan fingerprint density at radius 2 is 1.86 bits per heavy atom. The summed E-state index contributed by atoms with van der Waals surface area (Å²) in [5, 5.41) is 13.4. The molecular weight excluding hydrogens is 483 g/mol. The number of aromatic hydroxyl groups is 1. The first-order valence-corrected chi connectivity index (χ1v) is 11.0. The number of rotatable bonds is 7. The Hall–Kier alpha value is -3.89. The van der Waals surface area contributed by atoms with E-state index in [0.29, 0.717) is 0 Å². The Morgan fingerprint density at radius 3 is 2.50 bits per heavy atom. The molecule has 1 aromatic heterocycles. The molecule has 1 atom stereocenters. The summed E-state index contributed by atoms with van der Waals surface area (Å²) in [7, 11) is 0. The van der Waals surface area contributed by atoms with Crippen LogP contribution in [0.15, 0.2) is 47.1 Å². The van der Waals surface area contributed by atoms with Crippen LogP contribution in [0.2, 0.25) is 0 Å². The smallest absolute Gasteiger partial charge is 0.416 e. The van der Waals surface area contributed by atoms with Crippen molar-refractivity contribution in [2.45, 2.75) is 51.9 Å². The summed E-state index contributed by atoms with van der Waals surface area (Å²) in [5.41, 5.74) is -1.49. The van der Waals surface area contributed by atoms with E-state index in [2.05, 4.69) is 5.32 Å². The Morgan fingerprint density at radius 1 is 1.14 bits per heavy atom. The van der Waals surface area contributed by atoms with Gasteiger partial charge in [0.25, 0.3) is 0 Å². The highest BCUT2D eigenvalue weighted by molar-refractivity contribution is 5.91. The van der Waals surface area contributed by atoms with E-state index in [9.17, 15) is 27.9 Å². The minimum atomic E-state index is -4.57. The Bertz CT molecular complexity index is 1240. The maximum atomic E-state index is 13.1. The van der Waals surface area contributed by atoms with Crippen molar-refractivity contribution in [3.8, 4) is 17.2 Å². The third-order valence-corrected chi connectivity index (χ3v) is 4.83. The number of benzene rings is 2. The largest absolute Gasteiger partial charge is 0.507 e. The number of hydrogen-bond donors (Lipinski definition) is 2. The van der Waals surface area contributed by atoms with Crippen molar-refractivity contribution in [2.75, 3.05) is 6.61 Å². The average Bonchev–Trinajstić information content (AvgIpc) is 3.25. The molecule has 0 spiro atoms. The molecule has 36 heavy (non-hydrogen) atoms. The molecule has 194 valence electrons. The molecule has 0 bridgehead atoms. The molecule has 3 aromatic rings. The molecule has 1 amide bonds. The van der Waals surface area contributed by atoms with Crippen LogP contribution in [0.4, 0.5) is 18.0 Å².